The van der Waals surface area contributed by atoms with Gasteiger partial charge in [0, 0.05) is 36.5 Å². The molecule has 0 bridgehead atoms. The molecule has 0 N–H and O–H groups in total. The molecule has 29 heavy (non-hydrogen) atoms. The highest BCUT2D eigenvalue weighted by Gasteiger charge is 2.27. The molecule has 1 fully saturated rings. The van der Waals surface area contributed by atoms with Crippen molar-refractivity contribution in [3.05, 3.63) is 64.1 Å². The first-order valence-corrected chi connectivity index (χ1v) is 11.7. The molecule has 2 aromatic rings. The van der Waals surface area contributed by atoms with Gasteiger partial charge in [-0.15, -0.1) is 0 Å². The van der Waals surface area contributed by atoms with Crippen molar-refractivity contribution in [3.8, 4) is 5.75 Å². The number of nitrogens with zero attached hydrogens (tertiary/aromatic N) is 1. The van der Waals surface area contributed by atoms with Crippen LogP contribution in [-0.2, 0) is 20.4 Å². The number of hydrogen-bond donors (Lipinski definition) is 0. The van der Waals surface area contributed by atoms with Gasteiger partial charge in [0.1, 0.15) is 17.7 Å². The highest BCUT2D eigenvalue weighted by molar-refractivity contribution is 9.10. The molecule has 5 nitrogen and oxygen atoms in total. The van der Waals surface area contributed by atoms with Gasteiger partial charge < -0.3 is 9.64 Å². The smallest absolute Gasteiger partial charge is 0.237 e. The van der Waals surface area contributed by atoms with Gasteiger partial charge in [-0.25, -0.2) is 17.2 Å². The van der Waals surface area contributed by atoms with E-state index < -0.39 is 33.1 Å². The number of benzene rings is 2. The molecule has 0 radical (unpaired) electrons. The first kappa shape index (κ1) is 21.7. The zero-order valence-corrected chi connectivity index (χ0v) is 17.9. The fraction of sp³-hybridized carbons (Fsp3) is 0.350. The Morgan fingerprint density at radius 3 is 2.38 bits per heavy atom. The van der Waals surface area contributed by atoms with Crippen LogP contribution in [0.15, 0.2) is 46.9 Å². The van der Waals surface area contributed by atoms with Crippen LogP contribution in [-0.4, -0.2) is 44.2 Å². The van der Waals surface area contributed by atoms with Crippen LogP contribution in [0.5, 0.6) is 5.75 Å². The van der Waals surface area contributed by atoms with E-state index in [9.17, 15) is 22.0 Å². The summed E-state index contributed by atoms with van der Waals surface area (Å²) in [5.74, 6) is -2.69. The molecular weight excluding hydrogens is 468 g/mol. The minimum atomic E-state index is -3.59. The lowest BCUT2D eigenvalue weighted by Gasteiger charge is -2.32. The van der Waals surface area contributed by atoms with E-state index >= 15 is 0 Å². The van der Waals surface area contributed by atoms with Crippen LogP contribution in [0.4, 0.5) is 8.78 Å². The second-order valence-electron chi connectivity index (χ2n) is 6.93. The maximum atomic E-state index is 13.7. The number of amides is 1. The van der Waals surface area contributed by atoms with Gasteiger partial charge in [0.05, 0.1) is 5.75 Å². The van der Waals surface area contributed by atoms with Gasteiger partial charge in [-0.3, -0.25) is 4.79 Å². The predicted octanol–water partition coefficient (Wildman–Crippen LogP) is 3.71. The summed E-state index contributed by atoms with van der Waals surface area (Å²) in [6.07, 6.45) is 0.559. The van der Waals surface area contributed by atoms with Crippen molar-refractivity contribution in [3.63, 3.8) is 0 Å². The van der Waals surface area contributed by atoms with Crippen molar-refractivity contribution < 1.29 is 26.7 Å². The summed E-state index contributed by atoms with van der Waals surface area (Å²) in [6.45, 7) is 0.639. The van der Waals surface area contributed by atoms with Crippen LogP contribution in [0.2, 0.25) is 0 Å². The second-order valence-corrected chi connectivity index (χ2v) is 9.91. The fourth-order valence-electron chi connectivity index (χ4n) is 3.14. The molecule has 1 saturated heterocycles. The molecule has 156 valence electrons. The van der Waals surface area contributed by atoms with E-state index in [1.165, 1.54) is 11.0 Å². The van der Waals surface area contributed by atoms with E-state index in [0.29, 0.717) is 31.5 Å². The van der Waals surface area contributed by atoms with E-state index in [-0.39, 0.29) is 17.6 Å². The number of carbonyl (C=O) groups excluding carboxylic acids is 1. The first-order chi connectivity index (χ1) is 13.7. The summed E-state index contributed by atoms with van der Waals surface area (Å²) in [6, 6.07) is 10.0. The third kappa shape index (κ3) is 6.24. The van der Waals surface area contributed by atoms with E-state index in [0.717, 1.165) is 16.6 Å². The monoisotopic (exact) mass is 487 g/mol. The molecule has 9 heteroatoms. The molecule has 0 aromatic heterocycles. The summed E-state index contributed by atoms with van der Waals surface area (Å²) < 4.78 is 57.8. The average Bonchev–Trinajstić information content (AvgIpc) is 2.66. The highest BCUT2D eigenvalue weighted by atomic mass is 79.9. The number of piperidine rings is 1. The average molecular weight is 488 g/mol. The molecular formula is C20H20BrF2NO4S. The lowest BCUT2D eigenvalue weighted by atomic mass is 10.1. The number of rotatable bonds is 6. The zero-order valence-electron chi connectivity index (χ0n) is 15.5. The zero-order chi connectivity index (χ0) is 21.0. The van der Waals surface area contributed by atoms with E-state index in [4.69, 9.17) is 4.74 Å². The van der Waals surface area contributed by atoms with Gasteiger partial charge in [0.2, 0.25) is 5.91 Å². The minimum absolute atomic E-state index is 0.0340. The number of halogens is 3. The molecule has 1 amide bonds. The van der Waals surface area contributed by atoms with Crippen LogP contribution in [0.3, 0.4) is 0 Å². The van der Waals surface area contributed by atoms with Gasteiger partial charge in [0.25, 0.3) is 0 Å². The quantitative estimate of drug-likeness (QED) is 0.622. The highest BCUT2D eigenvalue weighted by Crippen LogP contribution is 2.23. The number of likely N-dealkylation sites (tertiary alicyclic amines) is 1. The molecule has 2 aromatic carbocycles. The third-order valence-corrected chi connectivity index (χ3v) is 6.61. The Kier molecular flexibility index (Phi) is 6.89. The van der Waals surface area contributed by atoms with Crippen molar-refractivity contribution in [2.24, 2.45) is 0 Å². The predicted molar refractivity (Wildman–Crippen MR) is 108 cm³/mol. The molecule has 0 unspecified atom stereocenters. The summed E-state index contributed by atoms with van der Waals surface area (Å²) in [4.78, 5) is 13.9. The molecule has 0 atom stereocenters. The van der Waals surface area contributed by atoms with Crippen molar-refractivity contribution in [1.29, 1.82) is 0 Å². The Bertz CT molecular complexity index is 974. The standard InChI is InChI=1S/C20H20BrF2NO4S/c21-15-3-1-14(2-4-15)12-29(26,27)13-20(25)24-9-7-17(8-10-24)28-19-6-5-16(22)11-18(19)23/h1-6,11,17H,7-10,12-13H2. The van der Waals surface area contributed by atoms with Gasteiger partial charge in [-0.05, 0) is 29.8 Å². The summed E-state index contributed by atoms with van der Waals surface area (Å²) in [5.41, 5.74) is 0.620. The lowest BCUT2D eigenvalue weighted by Crippen LogP contribution is -2.44. The molecule has 0 aliphatic carbocycles. The topological polar surface area (TPSA) is 63.7 Å². The molecule has 0 saturated carbocycles. The van der Waals surface area contributed by atoms with Crippen molar-refractivity contribution in [2.75, 3.05) is 18.8 Å². The van der Waals surface area contributed by atoms with Gasteiger partial charge >= 0.3 is 0 Å². The lowest BCUT2D eigenvalue weighted by molar-refractivity contribution is -0.130. The van der Waals surface area contributed by atoms with Crippen LogP contribution >= 0.6 is 15.9 Å². The number of sulfone groups is 1. The molecule has 1 aliphatic heterocycles. The Morgan fingerprint density at radius 2 is 1.76 bits per heavy atom. The Morgan fingerprint density at radius 1 is 1.10 bits per heavy atom. The molecule has 0 spiro atoms. The maximum absolute atomic E-state index is 13.7. The van der Waals surface area contributed by atoms with Crippen LogP contribution in [0.1, 0.15) is 18.4 Å². The SMILES string of the molecule is O=C(CS(=O)(=O)Cc1ccc(Br)cc1)N1CCC(Oc2ccc(F)cc2F)CC1. The number of carbonyl (C=O) groups is 1. The fourth-order valence-corrected chi connectivity index (χ4v) is 4.76. The van der Waals surface area contributed by atoms with Gasteiger partial charge in [-0.1, -0.05) is 28.1 Å². The Balaban J connectivity index is 1.51. The van der Waals surface area contributed by atoms with E-state index in [2.05, 4.69) is 15.9 Å². The van der Waals surface area contributed by atoms with Crippen LogP contribution in [0.25, 0.3) is 0 Å². The normalized spacial score (nSPS) is 15.3. The van der Waals surface area contributed by atoms with Crippen molar-refractivity contribution >= 4 is 31.7 Å². The van der Waals surface area contributed by atoms with Crippen LogP contribution < -0.4 is 4.74 Å². The first-order valence-electron chi connectivity index (χ1n) is 9.06. The van der Waals surface area contributed by atoms with Crippen LogP contribution in [0, 0.1) is 11.6 Å². The summed E-state index contributed by atoms with van der Waals surface area (Å²) in [5, 5.41) is 0. The van der Waals surface area contributed by atoms with Gasteiger partial charge in [-0.2, -0.15) is 0 Å². The van der Waals surface area contributed by atoms with Crippen molar-refractivity contribution in [2.45, 2.75) is 24.7 Å². The molecule has 1 aliphatic rings. The third-order valence-electron chi connectivity index (χ3n) is 4.63. The Hall–Kier alpha value is -2.00. The summed E-state index contributed by atoms with van der Waals surface area (Å²) >= 11 is 3.29. The maximum Gasteiger partial charge on any atom is 0.237 e. The summed E-state index contributed by atoms with van der Waals surface area (Å²) in [7, 11) is -3.59. The molecule has 3 rings (SSSR count). The van der Waals surface area contributed by atoms with E-state index in [1.54, 1.807) is 24.3 Å². The number of hydrogen-bond acceptors (Lipinski definition) is 4. The van der Waals surface area contributed by atoms with Gasteiger partial charge in [0.15, 0.2) is 21.4 Å². The second kappa shape index (κ2) is 9.21. The minimum Gasteiger partial charge on any atom is -0.487 e. The van der Waals surface area contributed by atoms with Crippen molar-refractivity contribution in [1.82, 2.24) is 4.90 Å². The number of ether oxygens (including phenoxy) is 1. The molecule has 1 heterocycles. The largest absolute Gasteiger partial charge is 0.487 e. The van der Waals surface area contributed by atoms with E-state index in [1.807, 2.05) is 0 Å². The Labute approximate surface area is 176 Å².